The highest BCUT2D eigenvalue weighted by Crippen LogP contribution is 2.22. The maximum atomic E-state index is 14.1. The third kappa shape index (κ3) is 6.93. The average Bonchev–Trinajstić information content (AvgIpc) is 2.86. The molecular formula is C27H33BrFN3O2. The molecule has 2 N–H and O–H groups in total. The van der Waals surface area contributed by atoms with Crippen molar-refractivity contribution in [1.29, 1.82) is 0 Å². The number of carbonyl (C=O) groups is 1. The van der Waals surface area contributed by atoms with Crippen LogP contribution >= 0.6 is 15.9 Å². The molecule has 1 amide bonds. The van der Waals surface area contributed by atoms with Gasteiger partial charge in [-0.1, -0.05) is 59.3 Å². The molecule has 0 bridgehead atoms. The molecule has 0 unspecified atom stereocenters. The number of ether oxygens (including phenoxy) is 1. The summed E-state index contributed by atoms with van der Waals surface area (Å²) in [6.07, 6.45) is 3.89. The number of allylic oxidation sites excluding steroid dienone is 1. The molecule has 0 fully saturated rings. The van der Waals surface area contributed by atoms with Crippen LogP contribution in [0.1, 0.15) is 37.8 Å². The molecule has 1 heterocycles. The number of nitrogens with zero attached hydrogens (tertiary/aromatic N) is 2. The molecule has 182 valence electrons. The van der Waals surface area contributed by atoms with E-state index in [9.17, 15) is 9.18 Å². The highest BCUT2D eigenvalue weighted by atomic mass is 79.9. The van der Waals surface area contributed by atoms with Crippen molar-refractivity contribution < 1.29 is 13.9 Å². The number of benzene rings is 2. The number of aryl methyl sites for hydroxylation is 1. The largest absolute Gasteiger partial charge is 0.498 e. The maximum Gasteiger partial charge on any atom is 0.274 e. The highest BCUT2D eigenvalue weighted by molar-refractivity contribution is 9.10. The van der Waals surface area contributed by atoms with Gasteiger partial charge in [0, 0.05) is 17.4 Å². The molecule has 1 aliphatic rings. The molecule has 5 nitrogen and oxygen atoms in total. The smallest absolute Gasteiger partial charge is 0.274 e. The van der Waals surface area contributed by atoms with E-state index in [-0.39, 0.29) is 17.4 Å². The third-order valence-corrected chi connectivity index (χ3v) is 6.65. The van der Waals surface area contributed by atoms with Gasteiger partial charge in [0.25, 0.3) is 5.91 Å². The van der Waals surface area contributed by atoms with Crippen molar-refractivity contribution in [2.75, 3.05) is 32.8 Å². The van der Waals surface area contributed by atoms with Crippen LogP contribution in [0.25, 0.3) is 5.57 Å². The summed E-state index contributed by atoms with van der Waals surface area (Å²) >= 11 is 3.30. The van der Waals surface area contributed by atoms with Crippen LogP contribution in [0.15, 0.2) is 70.7 Å². The molecule has 0 atom stereocenters. The van der Waals surface area contributed by atoms with Crippen LogP contribution in [-0.2, 0) is 16.0 Å². The predicted octanol–water partition coefficient (Wildman–Crippen LogP) is 5.32. The highest BCUT2D eigenvalue weighted by Gasteiger charge is 2.25. The van der Waals surface area contributed by atoms with Gasteiger partial charge in [0.1, 0.15) is 24.4 Å². The monoisotopic (exact) mass is 529 g/mol. The number of hydrogen-bond acceptors (Lipinski definition) is 4. The van der Waals surface area contributed by atoms with Crippen molar-refractivity contribution in [3.8, 4) is 0 Å². The van der Waals surface area contributed by atoms with Gasteiger partial charge < -0.3 is 20.3 Å². The van der Waals surface area contributed by atoms with Crippen molar-refractivity contribution in [3.63, 3.8) is 0 Å². The van der Waals surface area contributed by atoms with E-state index >= 15 is 0 Å². The van der Waals surface area contributed by atoms with Crippen molar-refractivity contribution >= 4 is 27.4 Å². The van der Waals surface area contributed by atoms with Gasteiger partial charge in [-0.2, -0.15) is 0 Å². The molecule has 0 aliphatic carbocycles. The zero-order valence-electron chi connectivity index (χ0n) is 19.9. The lowest BCUT2D eigenvalue weighted by Gasteiger charge is -2.30. The van der Waals surface area contributed by atoms with Crippen molar-refractivity contribution in [3.05, 3.63) is 87.6 Å². The van der Waals surface area contributed by atoms with Crippen LogP contribution in [0.2, 0.25) is 0 Å². The summed E-state index contributed by atoms with van der Waals surface area (Å²) in [6, 6.07) is 14.9. The Morgan fingerprint density at radius 1 is 1.18 bits per heavy atom. The molecule has 0 aromatic heterocycles. The lowest BCUT2D eigenvalue weighted by molar-refractivity contribution is -0.126. The van der Waals surface area contributed by atoms with Gasteiger partial charge in [-0.3, -0.25) is 4.79 Å². The Bertz CT molecular complexity index is 1040. The SMILES string of the molecule is CCN(CCCc1ccc(Br)cc1F)CCC1=COCCN1C(=O)/C(N)=C(\C)c1ccccc1. The van der Waals surface area contributed by atoms with E-state index in [1.54, 1.807) is 11.2 Å². The van der Waals surface area contributed by atoms with Crippen LogP contribution in [0.4, 0.5) is 4.39 Å². The van der Waals surface area contributed by atoms with Crippen LogP contribution in [0.3, 0.4) is 0 Å². The number of hydrogen-bond donors (Lipinski definition) is 1. The fourth-order valence-corrected chi connectivity index (χ4v) is 4.33. The summed E-state index contributed by atoms with van der Waals surface area (Å²) in [7, 11) is 0. The summed E-state index contributed by atoms with van der Waals surface area (Å²) in [5, 5.41) is 0. The molecule has 0 spiro atoms. The average molecular weight is 530 g/mol. The number of carbonyl (C=O) groups excluding carboxylic acids is 1. The Labute approximate surface area is 210 Å². The lowest BCUT2D eigenvalue weighted by Crippen LogP contribution is -2.40. The minimum atomic E-state index is -0.190. The van der Waals surface area contributed by atoms with Gasteiger partial charge in [0.05, 0.1) is 12.2 Å². The first-order chi connectivity index (χ1) is 16.4. The first-order valence-corrected chi connectivity index (χ1v) is 12.5. The summed E-state index contributed by atoms with van der Waals surface area (Å²) in [5.74, 6) is -0.364. The van der Waals surface area contributed by atoms with Gasteiger partial charge in [0.2, 0.25) is 0 Å². The number of nitrogens with two attached hydrogens (primary N) is 1. The quantitative estimate of drug-likeness (QED) is 0.423. The second kappa shape index (κ2) is 12.7. The van der Waals surface area contributed by atoms with E-state index in [0.717, 1.165) is 52.9 Å². The van der Waals surface area contributed by atoms with Crippen LogP contribution in [-0.4, -0.2) is 48.5 Å². The first kappa shape index (κ1) is 26.0. The molecule has 0 saturated heterocycles. The summed E-state index contributed by atoms with van der Waals surface area (Å²) < 4.78 is 20.4. The van der Waals surface area contributed by atoms with Gasteiger partial charge >= 0.3 is 0 Å². The van der Waals surface area contributed by atoms with Crippen molar-refractivity contribution in [2.24, 2.45) is 5.73 Å². The van der Waals surface area contributed by atoms with E-state index in [2.05, 4.69) is 27.8 Å². The van der Waals surface area contributed by atoms with Gasteiger partial charge in [-0.05, 0) is 61.7 Å². The van der Waals surface area contributed by atoms with E-state index < -0.39 is 0 Å². The zero-order chi connectivity index (χ0) is 24.5. The normalized spacial score (nSPS) is 14.5. The minimum absolute atomic E-state index is 0.174. The standard InChI is InChI=1S/C27H33BrFN3O2/c1-3-31(14-7-10-22-11-12-23(28)18-25(22)29)15-13-24-19-34-17-16-32(24)27(33)26(30)20(2)21-8-5-4-6-9-21/h4-6,8-9,11-12,18-19H,3,7,10,13-17,30H2,1-2H3/b26-20-. The van der Waals surface area contributed by atoms with E-state index in [0.29, 0.717) is 26.0 Å². The molecular weight excluding hydrogens is 497 g/mol. The second-order valence-electron chi connectivity index (χ2n) is 8.37. The van der Waals surface area contributed by atoms with Crippen molar-refractivity contribution in [2.45, 2.75) is 33.1 Å². The Morgan fingerprint density at radius 2 is 1.94 bits per heavy atom. The maximum absolute atomic E-state index is 14.1. The van der Waals surface area contributed by atoms with E-state index in [4.69, 9.17) is 10.5 Å². The number of rotatable bonds is 10. The summed E-state index contributed by atoms with van der Waals surface area (Å²) in [5.41, 5.74) is 9.81. The fraction of sp³-hybridized carbons (Fsp3) is 0.370. The van der Waals surface area contributed by atoms with Gasteiger partial charge in [0.15, 0.2) is 0 Å². The predicted molar refractivity (Wildman–Crippen MR) is 138 cm³/mol. The van der Waals surface area contributed by atoms with Gasteiger partial charge in [-0.15, -0.1) is 0 Å². The topological polar surface area (TPSA) is 58.8 Å². The molecule has 2 aromatic carbocycles. The summed E-state index contributed by atoms with van der Waals surface area (Å²) in [4.78, 5) is 17.3. The number of halogens is 2. The Hall–Kier alpha value is -2.64. The third-order valence-electron chi connectivity index (χ3n) is 6.15. The Morgan fingerprint density at radius 3 is 2.65 bits per heavy atom. The molecule has 2 aromatic rings. The summed E-state index contributed by atoms with van der Waals surface area (Å²) in [6.45, 7) is 7.41. The Balaban J connectivity index is 1.58. The van der Waals surface area contributed by atoms with Gasteiger partial charge in [-0.25, -0.2) is 4.39 Å². The molecule has 0 radical (unpaired) electrons. The second-order valence-corrected chi connectivity index (χ2v) is 9.28. The zero-order valence-corrected chi connectivity index (χ0v) is 21.5. The molecule has 7 heteroatoms. The minimum Gasteiger partial charge on any atom is -0.498 e. The Kier molecular flexibility index (Phi) is 9.72. The molecule has 3 rings (SSSR count). The lowest BCUT2D eigenvalue weighted by atomic mass is 10.0. The molecule has 0 saturated carbocycles. The van der Waals surface area contributed by atoms with Crippen LogP contribution in [0.5, 0.6) is 0 Å². The van der Waals surface area contributed by atoms with E-state index in [1.165, 1.54) is 6.07 Å². The molecule has 1 aliphatic heterocycles. The van der Waals surface area contributed by atoms with Crippen LogP contribution in [0, 0.1) is 5.82 Å². The number of amides is 1. The fourth-order valence-electron chi connectivity index (χ4n) is 4.00. The van der Waals surface area contributed by atoms with Crippen molar-refractivity contribution in [1.82, 2.24) is 9.80 Å². The first-order valence-electron chi connectivity index (χ1n) is 11.7. The van der Waals surface area contributed by atoms with E-state index in [1.807, 2.05) is 49.4 Å². The van der Waals surface area contributed by atoms with Crippen LogP contribution < -0.4 is 5.73 Å². The molecule has 34 heavy (non-hydrogen) atoms.